The Hall–Kier alpha value is -2.41. The van der Waals surface area contributed by atoms with Gasteiger partial charge in [-0.05, 0) is 24.3 Å². The smallest absolute Gasteiger partial charge is 0.328 e. The fraction of sp³-hybridized carbons (Fsp3) is 0.267. The number of carbonyl (C=O) groups is 2. The summed E-state index contributed by atoms with van der Waals surface area (Å²) < 4.78 is 17.9. The second-order valence-corrected chi connectivity index (χ2v) is 5.17. The van der Waals surface area contributed by atoms with Gasteiger partial charge in [0.2, 0.25) is 5.91 Å². The number of alkyl halides is 1. The van der Waals surface area contributed by atoms with E-state index < -0.39 is 24.6 Å². The molecule has 23 heavy (non-hydrogen) atoms. The van der Waals surface area contributed by atoms with Crippen molar-refractivity contribution in [2.45, 2.75) is 18.9 Å². The van der Waals surface area contributed by atoms with Crippen molar-refractivity contribution in [2.75, 3.05) is 6.67 Å². The first-order chi connectivity index (χ1) is 11.0. The molecule has 0 bridgehead atoms. The number of carbonyl (C=O) groups excluding carboxylic acids is 1. The molecule has 1 aromatic carbocycles. The van der Waals surface area contributed by atoms with Crippen LogP contribution < -0.4 is 5.32 Å². The Balaban J connectivity index is 1.91. The molecule has 1 aromatic heterocycles. The van der Waals surface area contributed by atoms with Crippen LogP contribution in [0.15, 0.2) is 34.9 Å². The van der Waals surface area contributed by atoms with E-state index >= 15 is 0 Å². The molecule has 0 aliphatic heterocycles. The van der Waals surface area contributed by atoms with Gasteiger partial charge in [-0.25, -0.2) is 14.2 Å². The summed E-state index contributed by atoms with van der Waals surface area (Å²) in [6, 6.07) is 5.46. The van der Waals surface area contributed by atoms with Crippen molar-refractivity contribution in [1.29, 1.82) is 0 Å². The van der Waals surface area contributed by atoms with E-state index in [0.717, 1.165) is 5.56 Å². The number of benzene rings is 1. The third-order valence-electron chi connectivity index (χ3n) is 3.04. The Morgan fingerprint density at radius 1 is 1.35 bits per heavy atom. The van der Waals surface area contributed by atoms with Crippen molar-refractivity contribution < 1.29 is 23.5 Å². The summed E-state index contributed by atoms with van der Waals surface area (Å²) in [5, 5.41) is 11.3. The molecule has 1 atom stereocenters. The first-order valence-corrected chi connectivity index (χ1v) is 7.16. The minimum absolute atomic E-state index is 0.0512. The zero-order chi connectivity index (χ0) is 16.8. The highest BCUT2D eigenvalue weighted by Crippen LogP contribution is 2.22. The number of aromatic nitrogens is 1. The standard InChI is InChI=1S/C15H14ClFN2O4/c16-10-3-1-9(2-4-10)12-8-18-14(23-12)6-5-13(20)19-11(7-17)15(21)22/h1-4,8,11H,5-7H2,(H,19,20)(H,21,22). The number of amides is 1. The molecule has 2 aromatic rings. The topological polar surface area (TPSA) is 92.4 Å². The molecule has 1 unspecified atom stereocenters. The third-order valence-corrected chi connectivity index (χ3v) is 3.29. The lowest BCUT2D eigenvalue weighted by Crippen LogP contribution is -2.42. The summed E-state index contributed by atoms with van der Waals surface area (Å²) in [4.78, 5) is 26.3. The monoisotopic (exact) mass is 340 g/mol. The van der Waals surface area contributed by atoms with Crippen molar-refractivity contribution in [3.63, 3.8) is 0 Å². The number of hydrogen-bond acceptors (Lipinski definition) is 4. The molecule has 0 fully saturated rings. The summed E-state index contributed by atoms with van der Waals surface area (Å²) in [6.07, 6.45) is 1.65. The first kappa shape index (κ1) is 17.0. The molecule has 2 N–H and O–H groups in total. The van der Waals surface area contributed by atoms with Crippen LogP contribution in [0.5, 0.6) is 0 Å². The van der Waals surface area contributed by atoms with E-state index in [-0.39, 0.29) is 12.8 Å². The van der Waals surface area contributed by atoms with E-state index in [2.05, 4.69) is 10.3 Å². The van der Waals surface area contributed by atoms with Gasteiger partial charge in [0.1, 0.15) is 6.67 Å². The van der Waals surface area contributed by atoms with Crippen molar-refractivity contribution in [3.8, 4) is 11.3 Å². The number of hydrogen-bond donors (Lipinski definition) is 2. The zero-order valence-electron chi connectivity index (χ0n) is 12.0. The van der Waals surface area contributed by atoms with Crippen LogP contribution in [0.2, 0.25) is 5.02 Å². The summed E-state index contributed by atoms with van der Waals surface area (Å²) in [5.41, 5.74) is 0.793. The highest BCUT2D eigenvalue weighted by Gasteiger charge is 2.19. The van der Waals surface area contributed by atoms with Crippen LogP contribution in [0, 0.1) is 0 Å². The van der Waals surface area contributed by atoms with Gasteiger partial charge in [0.05, 0.1) is 6.20 Å². The van der Waals surface area contributed by atoms with E-state index in [1.54, 1.807) is 24.3 Å². The van der Waals surface area contributed by atoms with Crippen molar-refractivity contribution in [3.05, 3.63) is 41.4 Å². The molecule has 1 amide bonds. The lowest BCUT2D eigenvalue weighted by Gasteiger charge is -2.09. The van der Waals surface area contributed by atoms with Gasteiger partial charge in [0.25, 0.3) is 0 Å². The van der Waals surface area contributed by atoms with Gasteiger partial charge in [-0.2, -0.15) is 0 Å². The van der Waals surface area contributed by atoms with Gasteiger partial charge in [-0.1, -0.05) is 11.6 Å². The fourth-order valence-corrected chi connectivity index (χ4v) is 1.95. The van der Waals surface area contributed by atoms with Crippen molar-refractivity contribution in [2.24, 2.45) is 0 Å². The summed E-state index contributed by atoms with van der Waals surface area (Å²) >= 11 is 5.81. The number of carboxylic acids is 1. The predicted molar refractivity (Wildman–Crippen MR) is 80.8 cm³/mol. The maximum absolute atomic E-state index is 12.4. The van der Waals surface area contributed by atoms with E-state index in [0.29, 0.717) is 16.7 Å². The number of oxazole rings is 1. The Bertz CT molecular complexity index is 687. The van der Waals surface area contributed by atoms with Crippen molar-refractivity contribution >= 4 is 23.5 Å². The Morgan fingerprint density at radius 3 is 2.65 bits per heavy atom. The minimum atomic E-state index is -1.53. The largest absolute Gasteiger partial charge is 0.480 e. The molecule has 0 saturated carbocycles. The van der Waals surface area contributed by atoms with Gasteiger partial charge in [0.15, 0.2) is 17.7 Å². The van der Waals surface area contributed by atoms with E-state index in [1.807, 2.05) is 0 Å². The second kappa shape index (κ2) is 7.73. The Morgan fingerprint density at radius 2 is 2.04 bits per heavy atom. The molecular formula is C15H14ClFN2O4. The van der Waals surface area contributed by atoms with Crippen molar-refractivity contribution in [1.82, 2.24) is 10.3 Å². The van der Waals surface area contributed by atoms with Crippen LogP contribution >= 0.6 is 11.6 Å². The van der Waals surface area contributed by atoms with E-state index in [4.69, 9.17) is 21.1 Å². The Labute approximate surface area is 136 Å². The highest BCUT2D eigenvalue weighted by atomic mass is 35.5. The maximum Gasteiger partial charge on any atom is 0.328 e. The normalized spacial score (nSPS) is 11.9. The molecule has 0 radical (unpaired) electrons. The molecule has 0 aliphatic carbocycles. The van der Waals surface area contributed by atoms with E-state index in [1.165, 1.54) is 6.20 Å². The van der Waals surface area contributed by atoms with Crippen LogP contribution in [0.25, 0.3) is 11.3 Å². The van der Waals surface area contributed by atoms with Gasteiger partial charge >= 0.3 is 5.97 Å². The maximum atomic E-state index is 12.4. The molecule has 1 heterocycles. The van der Waals surface area contributed by atoms with Gasteiger partial charge in [-0.3, -0.25) is 4.79 Å². The molecule has 0 saturated heterocycles. The van der Waals surface area contributed by atoms with Crippen LogP contribution in [-0.2, 0) is 16.0 Å². The van der Waals surface area contributed by atoms with Crippen LogP contribution in [-0.4, -0.2) is 34.7 Å². The Kier molecular flexibility index (Phi) is 5.70. The lowest BCUT2D eigenvalue weighted by molar-refractivity contribution is -0.142. The third kappa shape index (κ3) is 4.79. The summed E-state index contributed by atoms with van der Waals surface area (Å²) in [5.74, 6) is -1.13. The summed E-state index contributed by atoms with van der Waals surface area (Å²) in [7, 11) is 0. The SMILES string of the molecule is O=C(CCc1ncc(-c2ccc(Cl)cc2)o1)NC(CF)C(=O)O. The zero-order valence-corrected chi connectivity index (χ0v) is 12.7. The molecule has 8 heteroatoms. The highest BCUT2D eigenvalue weighted by molar-refractivity contribution is 6.30. The predicted octanol–water partition coefficient (Wildman–Crippen LogP) is 2.47. The number of nitrogens with zero attached hydrogens (tertiary/aromatic N) is 1. The van der Waals surface area contributed by atoms with Crippen LogP contribution in [0.1, 0.15) is 12.3 Å². The van der Waals surface area contributed by atoms with E-state index in [9.17, 15) is 14.0 Å². The number of carboxylic acid groups (broad SMARTS) is 1. The molecule has 0 spiro atoms. The quantitative estimate of drug-likeness (QED) is 0.807. The summed E-state index contributed by atoms with van der Waals surface area (Å²) in [6.45, 7) is -1.17. The van der Waals surface area contributed by atoms with Crippen LogP contribution in [0.3, 0.4) is 0 Å². The number of aryl methyl sites for hydroxylation is 1. The van der Waals surface area contributed by atoms with Gasteiger partial charge in [0, 0.05) is 23.4 Å². The lowest BCUT2D eigenvalue weighted by atomic mass is 10.2. The van der Waals surface area contributed by atoms with Gasteiger partial charge in [-0.15, -0.1) is 0 Å². The minimum Gasteiger partial charge on any atom is -0.480 e. The number of aliphatic carboxylic acids is 1. The molecule has 2 rings (SSSR count). The number of halogens is 2. The second-order valence-electron chi connectivity index (χ2n) is 4.74. The molecule has 0 aliphatic rings. The average Bonchev–Trinajstić information content (AvgIpc) is 3.00. The first-order valence-electron chi connectivity index (χ1n) is 6.78. The molecule has 122 valence electrons. The number of nitrogens with one attached hydrogen (secondary N) is 1. The number of rotatable bonds is 7. The molecule has 6 nitrogen and oxygen atoms in total. The fourth-order valence-electron chi connectivity index (χ4n) is 1.83. The van der Waals surface area contributed by atoms with Crippen LogP contribution in [0.4, 0.5) is 4.39 Å². The molecular weight excluding hydrogens is 327 g/mol. The average molecular weight is 341 g/mol. The van der Waals surface area contributed by atoms with Gasteiger partial charge < -0.3 is 14.8 Å².